The maximum atomic E-state index is 12.1. The van der Waals surface area contributed by atoms with Gasteiger partial charge in [-0.15, -0.1) is 12.4 Å². The van der Waals surface area contributed by atoms with E-state index in [2.05, 4.69) is 10.6 Å². The predicted molar refractivity (Wildman–Crippen MR) is 78.1 cm³/mol. The first-order chi connectivity index (χ1) is 9.08. The summed E-state index contributed by atoms with van der Waals surface area (Å²) in [6.07, 6.45) is 1.70. The van der Waals surface area contributed by atoms with Crippen LogP contribution < -0.4 is 16.4 Å². The molecule has 1 heterocycles. The van der Waals surface area contributed by atoms with Crippen molar-refractivity contribution in [2.24, 2.45) is 0 Å². The van der Waals surface area contributed by atoms with E-state index in [1.165, 1.54) is 18.2 Å². The minimum atomic E-state index is -0.541. The number of nitrogen functional groups attached to an aromatic ring is 1. The fraction of sp³-hybridized carbons (Fsp3) is 0.417. The lowest BCUT2D eigenvalue weighted by Gasteiger charge is -2.23. The van der Waals surface area contributed by atoms with Crippen LogP contribution in [-0.4, -0.2) is 30.0 Å². The molecule has 4 N–H and O–H groups in total. The lowest BCUT2D eigenvalue weighted by molar-refractivity contribution is -0.384. The molecule has 1 aliphatic heterocycles. The molecule has 0 saturated carbocycles. The van der Waals surface area contributed by atoms with Crippen LogP contribution in [0.25, 0.3) is 0 Å². The van der Waals surface area contributed by atoms with Crippen LogP contribution in [0.3, 0.4) is 0 Å². The number of carbonyl (C=O) groups excluding carboxylic acids is 1. The van der Waals surface area contributed by atoms with Crippen molar-refractivity contribution in [3.05, 3.63) is 33.9 Å². The quantitative estimate of drug-likeness (QED) is 0.439. The van der Waals surface area contributed by atoms with Crippen LogP contribution >= 0.6 is 12.4 Å². The van der Waals surface area contributed by atoms with E-state index >= 15 is 0 Å². The molecule has 7 nitrogen and oxygen atoms in total. The molecule has 1 aromatic rings. The summed E-state index contributed by atoms with van der Waals surface area (Å²) in [4.78, 5) is 22.2. The number of carbonyl (C=O) groups is 1. The fourth-order valence-corrected chi connectivity index (χ4v) is 2.08. The number of hydrogen-bond acceptors (Lipinski definition) is 5. The van der Waals surface area contributed by atoms with E-state index in [9.17, 15) is 14.9 Å². The number of piperidine rings is 1. The summed E-state index contributed by atoms with van der Waals surface area (Å²) in [5, 5.41) is 16.8. The molecule has 0 aromatic heterocycles. The van der Waals surface area contributed by atoms with Gasteiger partial charge in [0.05, 0.1) is 10.5 Å². The Morgan fingerprint density at radius 1 is 1.40 bits per heavy atom. The second-order valence-electron chi connectivity index (χ2n) is 4.53. The topological polar surface area (TPSA) is 110 Å². The number of nitrogens with zero attached hydrogens (tertiary/aromatic N) is 1. The minimum absolute atomic E-state index is 0. The molecule has 0 unspecified atom stereocenters. The van der Waals surface area contributed by atoms with Crippen LogP contribution in [0, 0.1) is 10.1 Å². The van der Waals surface area contributed by atoms with Gasteiger partial charge in [0.15, 0.2) is 0 Å². The molecular formula is C12H17ClN4O3. The summed E-state index contributed by atoms with van der Waals surface area (Å²) in [6.45, 7) is 1.71. The Balaban J connectivity index is 0.00000200. The normalized spacial score (nSPS) is 15.2. The maximum absolute atomic E-state index is 12.1. The zero-order chi connectivity index (χ0) is 13.8. The molecule has 0 aliphatic carbocycles. The van der Waals surface area contributed by atoms with Gasteiger partial charge < -0.3 is 16.4 Å². The van der Waals surface area contributed by atoms with Gasteiger partial charge in [-0.1, -0.05) is 0 Å². The van der Waals surface area contributed by atoms with Crippen LogP contribution in [0.1, 0.15) is 23.2 Å². The Bertz CT molecular complexity index is 503. The van der Waals surface area contributed by atoms with Crippen LogP contribution in [0.5, 0.6) is 0 Å². The molecule has 1 aromatic carbocycles. The highest BCUT2D eigenvalue weighted by molar-refractivity contribution is 5.99. The largest absolute Gasteiger partial charge is 0.398 e. The predicted octanol–water partition coefficient (Wildman–Crippen LogP) is 1.08. The van der Waals surface area contributed by atoms with Gasteiger partial charge in [0.25, 0.3) is 11.6 Å². The zero-order valence-electron chi connectivity index (χ0n) is 10.8. The summed E-state index contributed by atoms with van der Waals surface area (Å²) >= 11 is 0. The third-order valence-corrected chi connectivity index (χ3v) is 3.17. The van der Waals surface area contributed by atoms with E-state index in [0.29, 0.717) is 0 Å². The summed E-state index contributed by atoms with van der Waals surface area (Å²) < 4.78 is 0. The van der Waals surface area contributed by atoms with E-state index in [0.717, 1.165) is 25.9 Å². The van der Waals surface area contributed by atoms with Crippen LogP contribution in [0.2, 0.25) is 0 Å². The van der Waals surface area contributed by atoms with Crippen molar-refractivity contribution < 1.29 is 9.72 Å². The lowest BCUT2D eigenvalue weighted by Crippen LogP contribution is -2.42. The van der Waals surface area contributed by atoms with Crippen molar-refractivity contribution in [2.45, 2.75) is 18.9 Å². The number of amides is 1. The summed E-state index contributed by atoms with van der Waals surface area (Å²) in [6, 6.07) is 3.98. The molecule has 8 heteroatoms. The van der Waals surface area contributed by atoms with Gasteiger partial charge in [-0.2, -0.15) is 0 Å². The number of halogens is 1. The SMILES string of the molecule is Cl.Nc1ccc([N+](=O)[O-])cc1C(=O)NC1CCNCC1. The van der Waals surface area contributed by atoms with Gasteiger partial charge in [0, 0.05) is 23.9 Å². The first kappa shape index (κ1) is 16.2. The van der Waals surface area contributed by atoms with Gasteiger partial charge in [-0.3, -0.25) is 14.9 Å². The Kier molecular flexibility index (Phi) is 5.72. The van der Waals surface area contributed by atoms with E-state index in [4.69, 9.17) is 5.73 Å². The number of hydrogen-bond donors (Lipinski definition) is 3. The molecule has 0 atom stereocenters. The second-order valence-corrected chi connectivity index (χ2v) is 4.53. The van der Waals surface area contributed by atoms with E-state index < -0.39 is 4.92 Å². The van der Waals surface area contributed by atoms with Crippen molar-refractivity contribution in [3.63, 3.8) is 0 Å². The highest BCUT2D eigenvalue weighted by Crippen LogP contribution is 2.20. The van der Waals surface area contributed by atoms with Crippen molar-refractivity contribution in [1.82, 2.24) is 10.6 Å². The van der Waals surface area contributed by atoms with Crippen molar-refractivity contribution in [3.8, 4) is 0 Å². The number of non-ortho nitro benzene ring substituents is 1. The molecule has 1 saturated heterocycles. The average Bonchev–Trinajstić information content (AvgIpc) is 2.40. The highest BCUT2D eigenvalue weighted by atomic mass is 35.5. The van der Waals surface area contributed by atoms with Crippen molar-refractivity contribution in [2.75, 3.05) is 18.8 Å². The first-order valence-corrected chi connectivity index (χ1v) is 6.13. The zero-order valence-corrected chi connectivity index (χ0v) is 11.6. The summed E-state index contributed by atoms with van der Waals surface area (Å²) in [5.41, 5.74) is 5.97. The van der Waals surface area contributed by atoms with Crippen LogP contribution in [0.15, 0.2) is 18.2 Å². The molecule has 110 valence electrons. The number of nitro groups is 1. The average molecular weight is 301 g/mol. The molecule has 0 bridgehead atoms. The number of nitro benzene ring substituents is 1. The highest BCUT2D eigenvalue weighted by Gasteiger charge is 2.19. The van der Waals surface area contributed by atoms with Crippen LogP contribution in [-0.2, 0) is 0 Å². The molecule has 1 fully saturated rings. The lowest BCUT2D eigenvalue weighted by atomic mass is 10.1. The maximum Gasteiger partial charge on any atom is 0.270 e. The van der Waals surface area contributed by atoms with Gasteiger partial charge >= 0.3 is 0 Å². The number of nitrogens with two attached hydrogens (primary N) is 1. The second kappa shape index (κ2) is 7.06. The molecule has 20 heavy (non-hydrogen) atoms. The van der Waals surface area contributed by atoms with Crippen molar-refractivity contribution in [1.29, 1.82) is 0 Å². The van der Waals surface area contributed by atoms with Gasteiger partial charge in [-0.05, 0) is 32.0 Å². The van der Waals surface area contributed by atoms with Gasteiger partial charge in [-0.25, -0.2) is 0 Å². The molecule has 0 radical (unpaired) electrons. The van der Waals surface area contributed by atoms with E-state index in [1.54, 1.807) is 0 Å². The Morgan fingerprint density at radius 3 is 2.65 bits per heavy atom. The smallest absolute Gasteiger partial charge is 0.270 e. The molecular weight excluding hydrogens is 284 g/mol. The Labute approximate surface area is 122 Å². The summed E-state index contributed by atoms with van der Waals surface area (Å²) in [5.74, 6) is -0.354. The molecule has 1 amide bonds. The van der Waals surface area contributed by atoms with Gasteiger partial charge in [0.2, 0.25) is 0 Å². The van der Waals surface area contributed by atoms with E-state index in [-0.39, 0.29) is 41.3 Å². The summed E-state index contributed by atoms with van der Waals surface area (Å²) in [7, 11) is 0. The Morgan fingerprint density at radius 2 is 2.05 bits per heavy atom. The van der Waals surface area contributed by atoms with Gasteiger partial charge in [0.1, 0.15) is 0 Å². The number of rotatable bonds is 3. The minimum Gasteiger partial charge on any atom is -0.398 e. The first-order valence-electron chi connectivity index (χ1n) is 6.13. The van der Waals surface area contributed by atoms with E-state index in [1.807, 2.05) is 0 Å². The number of anilines is 1. The monoisotopic (exact) mass is 300 g/mol. The third-order valence-electron chi connectivity index (χ3n) is 3.17. The molecule has 1 aliphatic rings. The fourth-order valence-electron chi connectivity index (χ4n) is 2.08. The molecule has 0 spiro atoms. The Hall–Kier alpha value is -1.86. The third kappa shape index (κ3) is 3.82. The number of nitrogens with one attached hydrogen (secondary N) is 2. The van der Waals surface area contributed by atoms with Crippen LogP contribution in [0.4, 0.5) is 11.4 Å². The number of benzene rings is 1. The van der Waals surface area contributed by atoms with Crippen molar-refractivity contribution >= 4 is 29.7 Å². The standard InChI is InChI=1S/C12H16N4O3.ClH/c13-11-2-1-9(16(18)19)7-10(11)12(17)15-8-3-5-14-6-4-8;/h1-2,7-8,14H,3-6,13H2,(H,15,17);1H. The molecule has 2 rings (SSSR count).